The van der Waals surface area contributed by atoms with Gasteiger partial charge in [0, 0.05) is 43.9 Å². The highest BCUT2D eigenvalue weighted by Gasteiger charge is 2.24. The first kappa shape index (κ1) is 20.8. The maximum absolute atomic E-state index is 13.0. The van der Waals surface area contributed by atoms with Crippen LogP contribution in [0.5, 0.6) is 0 Å². The molecular weight excluding hydrogens is 442 g/mol. The van der Waals surface area contributed by atoms with E-state index in [1.807, 2.05) is 24.3 Å². The van der Waals surface area contributed by atoms with Crippen molar-refractivity contribution in [2.24, 2.45) is 0 Å². The lowest BCUT2D eigenvalue weighted by molar-refractivity contribution is 0.0951. The number of hydrogen-bond donors (Lipinski definition) is 1. The third-order valence-electron chi connectivity index (χ3n) is 4.78. The molecule has 8 heteroatoms. The van der Waals surface area contributed by atoms with Gasteiger partial charge in [-0.25, -0.2) is 12.7 Å². The highest BCUT2D eigenvalue weighted by Crippen LogP contribution is 2.28. The Morgan fingerprint density at radius 1 is 1.14 bits per heavy atom. The van der Waals surface area contributed by atoms with Crippen LogP contribution in [0.3, 0.4) is 0 Å². The fourth-order valence-corrected chi connectivity index (χ4v) is 4.60. The normalized spacial score (nSPS) is 14.5. The average Bonchev–Trinajstić information content (AvgIpc) is 3.20. The summed E-state index contributed by atoms with van der Waals surface area (Å²) in [4.78, 5) is 15.2. The number of anilines is 1. The summed E-state index contributed by atoms with van der Waals surface area (Å²) in [7, 11) is -0.652. The second-order valence-electron chi connectivity index (χ2n) is 6.97. The molecule has 1 fully saturated rings. The Hall–Kier alpha value is -1.90. The van der Waals surface area contributed by atoms with Gasteiger partial charge in [-0.2, -0.15) is 0 Å². The number of nitrogens with zero attached hydrogens (tertiary/aromatic N) is 2. The molecule has 0 aliphatic carbocycles. The molecule has 3 rings (SSSR count). The summed E-state index contributed by atoms with van der Waals surface area (Å²) in [6.07, 6.45) is 2.13. The van der Waals surface area contributed by atoms with Gasteiger partial charge in [0.2, 0.25) is 10.0 Å². The zero-order chi connectivity index (χ0) is 20.3. The van der Waals surface area contributed by atoms with Gasteiger partial charge in [0.05, 0.1) is 10.5 Å². The number of rotatable bonds is 6. The van der Waals surface area contributed by atoms with Crippen molar-refractivity contribution in [1.29, 1.82) is 0 Å². The molecule has 1 aliphatic heterocycles. The highest BCUT2D eigenvalue weighted by atomic mass is 79.9. The maximum Gasteiger partial charge on any atom is 0.253 e. The van der Waals surface area contributed by atoms with Gasteiger partial charge in [-0.1, -0.05) is 28.1 Å². The molecule has 0 radical (unpaired) electrons. The summed E-state index contributed by atoms with van der Waals surface area (Å²) in [6, 6.07) is 12.5. The van der Waals surface area contributed by atoms with Crippen molar-refractivity contribution in [2.45, 2.75) is 24.3 Å². The second-order valence-corrected chi connectivity index (χ2v) is 10.0. The monoisotopic (exact) mass is 465 g/mol. The second kappa shape index (κ2) is 8.63. The number of amides is 1. The molecule has 1 heterocycles. The quantitative estimate of drug-likeness (QED) is 0.710. The van der Waals surface area contributed by atoms with Gasteiger partial charge in [0.1, 0.15) is 0 Å². The van der Waals surface area contributed by atoms with Gasteiger partial charge in [-0.15, -0.1) is 0 Å². The van der Waals surface area contributed by atoms with Crippen LogP contribution >= 0.6 is 15.9 Å². The van der Waals surface area contributed by atoms with Crippen LogP contribution in [0.4, 0.5) is 5.69 Å². The SMILES string of the molecule is CN(C)S(=O)(=O)c1ccc(N2CCCC2)c(C(=O)NCc2cccc(Br)c2)c1. The number of sulfonamides is 1. The molecule has 0 atom stereocenters. The first-order valence-electron chi connectivity index (χ1n) is 9.13. The summed E-state index contributed by atoms with van der Waals surface area (Å²) in [5.74, 6) is -0.280. The highest BCUT2D eigenvalue weighted by molar-refractivity contribution is 9.10. The zero-order valence-corrected chi connectivity index (χ0v) is 18.4. The van der Waals surface area contributed by atoms with E-state index < -0.39 is 10.0 Å². The molecule has 2 aromatic carbocycles. The lowest BCUT2D eigenvalue weighted by Crippen LogP contribution is -2.28. The Balaban J connectivity index is 1.92. The van der Waals surface area contributed by atoms with Crippen LogP contribution in [0.25, 0.3) is 0 Å². The van der Waals surface area contributed by atoms with Crippen LogP contribution in [-0.2, 0) is 16.6 Å². The summed E-state index contributed by atoms with van der Waals surface area (Å²) >= 11 is 3.42. The van der Waals surface area contributed by atoms with Crippen LogP contribution in [0, 0.1) is 0 Å². The van der Waals surface area contributed by atoms with Crippen LogP contribution in [0.1, 0.15) is 28.8 Å². The lowest BCUT2D eigenvalue weighted by Gasteiger charge is -2.22. The van der Waals surface area contributed by atoms with Crippen LogP contribution in [-0.4, -0.2) is 45.8 Å². The molecule has 150 valence electrons. The van der Waals surface area contributed by atoms with E-state index in [4.69, 9.17) is 0 Å². The molecule has 0 saturated carbocycles. The van der Waals surface area contributed by atoms with Gasteiger partial charge in [0.15, 0.2) is 0 Å². The Bertz CT molecular complexity index is 970. The first-order valence-corrected chi connectivity index (χ1v) is 11.4. The summed E-state index contributed by atoms with van der Waals surface area (Å²) in [5, 5.41) is 2.92. The molecule has 0 spiro atoms. The average molecular weight is 466 g/mol. The van der Waals surface area contributed by atoms with Crippen LogP contribution < -0.4 is 10.2 Å². The Labute approximate surface area is 174 Å². The van der Waals surface area contributed by atoms with Crippen molar-refractivity contribution in [1.82, 2.24) is 9.62 Å². The van der Waals surface area contributed by atoms with Crippen molar-refractivity contribution in [3.63, 3.8) is 0 Å². The summed E-state index contributed by atoms with van der Waals surface area (Å²) in [5.41, 5.74) is 2.13. The zero-order valence-electron chi connectivity index (χ0n) is 16.0. The topological polar surface area (TPSA) is 69.7 Å². The van der Waals surface area contributed by atoms with E-state index >= 15 is 0 Å². The number of nitrogens with one attached hydrogen (secondary N) is 1. The molecule has 1 saturated heterocycles. The first-order chi connectivity index (χ1) is 13.3. The van der Waals surface area contributed by atoms with Crippen LogP contribution in [0.15, 0.2) is 51.8 Å². The molecule has 0 unspecified atom stereocenters. The van der Waals surface area contributed by atoms with Gasteiger partial charge >= 0.3 is 0 Å². The summed E-state index contributed by atoms with van der Waals surface area (Å²) in [6.45, 7) is 2.10. The Morgan fingerprint density at radius 3 is 2.50 bits per heavy atom. The fourth-order valence-electron chi connectivity index (χ4n) is 3.23. The Morgan fingerprint density at radius 2 is 1.86 bits per heavy atom. The minimum Gasteiger partial charge on any atom is -0.371 e. The smallest absolute Gasteiger partial charge is 0.253 e. The third kappa shape index (κ3) is 4.56. The van der Waals surface area contributed by atoms with E-state index in [1.165, 1.54) is 20.2 Å². The Kier molecular flexibility index (Phi) is 6.42. The van der Waals surface area contributed by atoms with Crippen molar-refractivity contribution in [3.05, 3.63) is 58.1 Å². The third-order valence-corrected chi connectivity index (χ3v) is 7.08. The molecule has 6 nitrogen and oxygen atoms in total. The number of hydrogen-bond acceptors (Lipinski definition) is 4. The minimum atomic E-state index is -3.62. The molecule has 2 aromatic rings. The molecule has 0 bridgehead atoms. The van der Waals surface area contributed by atoms with Crippen molar-refractivity contribution >= 4 is 37.5 Å². The van der Waals surface area contributed by atoms with Crippen molar-refractivity contribution in [2.75, 3.05) is 32.1 Å². The molecular formula is C20H24BrN3O3S. The van der Waals surface area contributed by atoms with E-state index in [1.54, 1.807) is 12.1 Å². The van der Waals surface area contributed by atoms with Gasteiger partial charge in [-0.05, 0) is 48.7 Å². The number of halogens is 1. The predicted octanol–water partition coefficient (Wildman–Crippen LogP) is 3.23. The maximum atomic E-state index is 13.0. The van der Waals surface area contributed by atoms with Crippen molar-refractivity contribution < 1.29 is 13.2 Å². The molecule has 28 heavy (non-hydrogen) atoms. The molecule has 0 aromatic heterocycles. The predicted molar refractivity (Wildman–Crippen MR) is 114 cm³/mol. The largest absolute Gasteiger partial charge is 0.371 e. The van der Waals surface area contributed by atoms with E-state index in [0.717, 1.165) is 46.0 Å². The standard InChI is InChI=1S/C20H24BrN3O3S/c1-23(2)28(26,27)17-8-9-19(24-10-3-4-11-24)18(13-17)20(25)22-14-15-6-5-7-16(21)12-15/h5-9,12-13H,3-4,10-11,14H2,1-2H3,(H,22,25). The van der Waals surface area contributed by atoms with E-state index in [9.17, 15) is 13.2 Å². The van der Waals surface area contributed by atoms with Crippen molar-refractivity contribution in [3.8, 4) is 0 Å². The van der Waals surface area contributed by atoms with E-state index in [2.05, 4.69) is 26.1 Å². The van der Waals surface area contributed by atoms with Crippen LogP contribution in [0.2, 0.25) is 0 Å². The van der Waals surface area contributed by atoms with Gasteiger partial charge < -0.3 is 10.2 Å². The number of benzene rings is 2. The fraction of sp³-hybridized carbons (Fsp3) is 0.350. The number of carbonyl (C=O) groups excluding carboxylic acids is 1. The molecule has 1 amide bonds. The molecule has 1 aliphatic rings. The molecule has 1 N–H and O–H groups in total. The number of carbonyl (C=O) groups is 1. The summed E-state index contributed by atoms with van der Waals surface area (Å²) < 4.78 is 27.2. The lowest BCUT2D eigenvalue weighted by atomic mass is 10.1. The van der Waals surface area contributed by atoms with Gasteiger partial charge in [0.25, 0.3) is 5.91 Å². The van der Waals surface area contributed by atoms with Gasteiger partial charge in [-0.3, -0.25) is 4.79 Å². The van der Waals surface area contributed by atoms with E-state index in [0.29, 0.717) is 12.1 Å². The van der Waals surface area contributed by atoms with E-state index in [-0.39, 0.29) is 10.8 Å². The minimum absolute atomic E-state index is 0.119.